The Kier molecular flexibility index (Phi) is 6.38. The lowest BCUT2D eigenvalue weighted by molar-refractivity contribution is -0.121. The van der Waals surface area contributed by atoms with Crippen LogP contribution in [0.25, 0.3) is 0 Å². The minimum Gasteiger partial charge on any atom is -0.486 e. The van der Waals surface area contributed by atoms with Crippen molar-refractivity contribution < 1.29 is 23.0 Å². The number of ether oxygens (including phenoxy) is 2. The van der Waals surface area contributed by atoms with E-state index in [4.69, 9.17) is 9.47 Å². The van der Waals surface area contributed by atoms with Crippen molar-refractivity contribution in [2.45, 2.75) is 25.9 Å². The molecule has 0 radical (unpaired) electrons. The van der Waals surface area contributed by atoms with Gasteiger partial charge in [-0.3, -0.25) is 14.6 Å². The number of nitrogens with one attached hydrogen (secondary N) is 1. The first-order valence-corrected chi connectivity index (χ1v) is 10.6. The molecule has 0 aromatic heterocycles. The van der Waals surface area contributed by atoms with Crippen molar-refractivity contribution in [2.75, 3.05) is 44.7 Å². The van der Waals surface area contributed by atoms with Crippen LogP contribution < -0.4 is 14.8 Å². The summed E-state index contributed by atoms with van der Waals surface area (Å²) < 4.78 is 38.4. The molecule has 166 valence electrons. The van der Waals surface area contributed by atoms with Crippen molar-refractivity contribution in [2.24, 2.45) is 0 Å². The van der Waals surface area contributed by atoms with E-state index in [0.717, 1.165) is 6.07 Å². The molecule has 2 aromatic rings. The highest BCUT2D eigenvalue weighted by atomic mass is 19.1. The van der Waals surface area contributed by atoms with Gasteiger partial charge in [0.2, 0.25) is 5.91 Å². The van der Waals surface area contributed by atoms with Crippen molar-refractivity contribution >= 4 is 11.6 Å². The predicted octanol–water partition coefficient (Wildman–Crippen LogP) is 3.44. The van der Waals surface area contributed by atoms with Gasteiger partial charge in [-0.1, -0.05) is 6.07 Å². The first-order chi connectivity index (χ1) is 14.9. The molecule has 2 heterocycles. The summed E-state index contributed by atoms with van der Waals surface area (Å²) in [6.45, 7) is 7.57. The molecule has 1 amide bonds. The zero-order chi connectivity index (χ0) is 22.0. The number of hydrogen-bond acceptors (Lipinski definition) is 5. The molecule has 2 unspecified atom stereocenters. The first-order valence-electron chi connectivity index (χ1n) is 10.6. The Hall–Kier alpha value is -2.71. The Morgan fingerprint density at radius 2 is 1.61 bits per heavy atom. The average molecular weight is 431 g/mol. The molecule has 2 atom stereocenters. The number of benzene rings is 2. The van der Waals surface area contributed by atoms with E-state index in [1.54, 1.807) is 18.2 Å². The zero-order valence-electron chi connectivity index (χ0n) is 17.7. The van der Waals surface area contributed by atoms with Crippen molar-refractivity contribution in [3.05, 3.63) is 53.6 Å². The largest absolute Gasteiger partial charge is 0.486 e. The maximum atomic E-state index is 14.1. The number of carbonyl (C=O) groups is 1. The third-order valence-electron chi connectivity index (χ3n) is 6.05. The molecule has 8 heteroatoms. The normalized spacial score (nSPS) is 19.0. The van der Waals surface area contributed by atoms with Gasteiger partial charge in [-0.05, 0) is 32.0 Å². The summed E-state index contributed by atoms with van der Waals surface area (Å²) in [7, 11) is 0. The van der Waals surface area contributed by atoms with Crippen molar-refractivity contribution in [1.29, 1.82) is 0 Å². The Morgan fingerprint density at radius 3 is 2.32 bits per heavy atom. The van der Waals surface area contributed by atoms with Crippen LogP contribution in [0.1, 0.15) is 25.5 Å². The van der Waals surface area contributed by atoms with Crippen LogP contribution in [0.2, 0.25) is 0 Å². The quantitative estimate of drug-likeness (QED) is 0.786. The fourth-order valence-corrected chi connectivity index (χ4v) is 4.08. The van der Waals surface area contributed by atoms with Gasteiger partial charge in [-0.15, -0.1) is 0 Å². The maximum absolute atomic E-state index is 14.1. The molecule has 0 saturated carbocycles. The SMILES string of the molecule is CC(C(=O)Nc1ccc2c(c1)OCCO2)N1CCN(C(C)c2ccc(F)cc2F)CC1. The van der Waals surface area contributed by atoms with E-state index in [-0.39, 0.29) is 18.0 Å². The summed E-state index contributed by atoms with van der Waals surface area (Å²) in [5, 5.41) is 2.95. The van der Waals surface area contributed by atoms with Crippen LogP contribution in [0.4, 0.5) is 14.5 Å². The maximum Gasteiger partial charge on any atom is 0.241 e. The van der Waals surface area contributed by atoms with Gasteiger partial charge >= 0.3 is 0 Å². The second-order valence-electron chi connectivity index (χ2n) is 7.94. The Labute approximate surface area is 180 Å². The van der Waals surface area contributed by atoms with Gasteiger partial charge in [0, 0.05) is 55.6 Å². The highest BCUT2D eigenvalue weighted by Gasteiger charge is 2.29. The molecule has 4 rings (SSSR count). The molecule has 2 aliphatic rings. The molecule has 0 aliphatic carbocycles. The van der Waals surface area contributed by atoms with Crippen molar-refractivity contribution in [3.8, 4) is 11.5 Å². The Morgan fingerprint density at radius 1 is 0.935 bits per heavy atom. The number of fused-ring (bicyclic) bond motifs is 1. The van der Waals surface area contributed by atoms with E-state index >= 15 is 0 Å². The van der Waals surface area contributed by atoms with E-state index in [2.05, 4.69) is 15.1 Å². The second-order valence-corrected chi connectivity index (χ2v) is 7.94. The van der Waals surface area contributed by atoms with Gasteiger partial charge in [0.15, 0.2) is 11.5 Å². The lowest BCUT2D eigenvalue weighted by atomic mass is 10.0. The third kappa shape index (κ3) is 4.80. The molecule has 0 spiro atoms. The minimum atomic E-state index is -0.573. The molecule has 1 fully saturated rings. The van der Waals surface area contributed by atoms with Gasteiger partial charge in [-0.2, -0.15) is 0 Å². The number of amides is 1. The Balaban J connectivity index is 1.32. The van der Waals surface area contributed by atoms with Crippen molar-refractivity contribution in [1.82, 2.24) is 9.80 Å². The summed E-state index contributed by atoms with van der Waals surface area (Å²) in [6.07, 6.45) is 0. The molecular weight excluding hydrogens is 404 g/mol. The van der Waals surface area contributed by atoms with E-state index in [1.807, 2.05) is 13.8 Å². The van der Waals surface area contributed by atoms with Crippen LogP contribution >= 0.6 is 0 Å². The van der Waals surface area contributed by atoms with E-state index in [1.165, 1.54) is 12.1 Å². The second kappa shape index (κ2) is 9.20. The zero-order valence-corrected chi connectivity index (χ0v) is 17.7. The molecular formula is C23H27F2N3O3. The summed E-state index contributed by atoms with van der Waals surface area (Å²) in [5.41, 5.74) is 1.15. The van der Waals surface area contributed by atoms with Gasteiger partial charge in [0.05, 0.1) is 6.04 Å². The van der Waals surface area contributed by atoms with Crippen molar-refractivity contribution in [3.63, 3.8) is 0 Å². The van der Waals surface area contributed by atoms with Gasteiger partial charge in [0.1, 0.15) is 24.8 Å². The summed E-state index contributed by atoms with van der Waals surface area (Å²) in [6, 6.07) is 8.61. The first kappa shape index (κ1) is 21.5. The highest BCUT2D eigenvalue weighted by molar-refractivity contribution is 5.94. The van der Waals surface area contributed by atoms with Crippen LogP contribution in [-0.4, -0.2) is 61.1 Å². The number of nitrogens with zero attached hydrogens (tertiary/aromatic N) is 2. The fraction of sp³-hybridized carbons (Fsp3) is 0.435. The monoisotopic (exact) mass is 431 g/mol. The van der Waals surface area contributed by atoms with Gasteiger partial charge in [0.25, 0.3) is 0 Å². The lowest BCUT2D eigenvalue weighted by Gasteiger charge is -2.40. The van der Waals surface area contributed by atoms with Crippen LogP contribution in [0.5, 0.6) is 11.5 Å². The fourth-order valence-electron chi connectivity index (χ4n) is 4.08. The molecule has 31 heavy (non-hydrogen) atoms. The lowest BCUT2D eigenvalue weighted by Crippen LogP contribution is -2.53. The van der Waals surface area contributed by atoms with Crippen LogP contribution in [0.15, 0.2) is 36.4 Å². The predicted molar refractivity (Wildman–Crippen MR) is 113 cm³/mol. The van der Waals surface area contributed by atoms with Gasteiger partial charge < -0.3 is 14.8 Å². The summed E-state index contributed by atoms with van der Waals surface area (Å²) >= 11 is 0. The molecule has 2 aliphatic heterocycles. The van der Waals surface area contributed by atoms with Crippen LogP contribution in [0.3, 0.4) is 0 Å². The number of hydrogen-bond donors (Lipinski definition) is 1. The molecule has 0 bridgehead atoms. The molecule has 1 N–H and O–H groups in total. The Bertz CT molecular complexity index is 948. The molecule has 2 aromatic carbocycles. The number of halogens is 2. The summed E-state index contributed by atoms with van der Waals surface area (Å²) in [5.74, 6) is 0.119. The van der Waals surface area contributed by atoms with E-state index < -0.39 is 11.6 Å². The number of anilines is 1. The van der Waals surface area contributed by atoms with E-state index in [9.17, 15) is 13.6 Å². The highest BCUT2D eigenvalue weighted by Crippen LogP contribution is 2.32. The number of rotatable bonds is 5. The third-order valence-corrected chi connectivity index (χ3v) is 6.05. The smallest absolute Gasteiger partial charge is 0.241 e. The average Bonchev–Trinajstić information content (AvgIpc) is 2.78. The topological polar surface area (TPSA) is 54.0 Å². The van der Waals surface area contributed by atoms with Gasteiger partial charge in [-0.25, -0.2) is 8.78 Å². The molecule has 1 saturated heterocycles. The standard InChI is InChI=1S/C23H27F2N3O3/c1-15(19-5-3-17(24)13-20(19)25)27-7-9-28(10-8-27)16(2)23(29)26-18-4-6-21-22(14-18)31-12-11-30-21/h3-6,13-16H,7-12H2,1-2H3,(H,26,29). The minimum absolute atomic E-state index is 0.0947. The number of piperazine rings is 1. The summed E-state index contributed by atoms with van der Waals surface area (Å²) in [4.78, 5) is 17.0. The van der Waals surface area contributed by atoms with Crippen LogP contribution in [0, 0.1) is 11.6 Å². The number of carbonyl (C=O) groups excluding carboxylic acids is 1. The molecule has 6 nitrogen and oxygen atoms in total. The van der Waals surface area contributed by atoms with Crippen LogP contribution in [-0.2, 0) is 4.79 Å². The van der Waals surface area contributed by atoms with E-state index in [0.29, 0.717) is 62.1 Å².